The fourth-order valence-corrected chi connectivity index (χ4v) is 4.29. The Morgan fingerprint density at radius 1 is 0.921 bits per heavy atom. The number of hydrazone groups is 1. The van der Waals surface area contributed by atoms with Gasteiger partial charge in [-0.3, -0.25) is 0 Å². The van der Waals surface area contributed by atoms with Crippen LogP contribution in [0.4, 0.5) is 50.0 Å². The summed E-state index contributed by atoms with van der Waals surface area (Å²) in [4.78, 5) is 12.9. The Bertz CT molecular complexity index is 1330. The molecule has 202 valence electrons. The van der Waals surface area contributed by atoms with Crippen molar-refractivity contribution in [2.75, 3.05) is 11.9 Å². The lowest BCUT2D eigenvalue weighted by molar-refractivity contribution is -0.274. The number of hydrogen-bond acceptors (Lipinski definition) is 5. The van der Waals surface area contributed by atoms with Crippen LogP contribution in [0.25, 0.3) is 0 Å². The third kappa shape index (κ3) is 6.35. The quantitative estimate of drug-likeness (QED) is 0.341. The van der Waals surface area contributed by atoms with Crippen LogP contribution < -0.4 is 10.1 Å². The number of anilines is 1. The van der Waals surface area contributed by atoms with Crippen LogP contribution in [-0.4, -0.2) is 34.0 Å². The van der Waals surface area contributed by atoms with E-state index in [0.717, 1.165) is 59.6 Å². The van der Waals surface area contributed by atoms with E-state index in [1.807, 2.05) is 0 Å². The average molecular weight is 568 g/mol. The topological polar surface area (TPSA) is 66.8 Å². The molecule has 4 rings (SSSR count). The van der Waals surface area contributed by atoms with Crippen LogP contribution in [0, 0.1) is 0 Å². The fraction of sp³-hybridized carbons (Fsp3) is 0.227. The van der Waals surface area contributed by atoms with Gasteiger partial charge in [-0.25, -0.2) is 9.80 Å². The van der Waals surface area contributed by atoms with Gasteiger partial charge in [0.15, 0.2) is 5.69 Å². The first-order valence-electron chi connectivity index (χ1n) is 10.3. The van der Waals surface area contributed by atoms with Gasteiger partial charge in [-0.1, -0.05) is 12.1 Å². The zero-order valence-electron chi connectivity index (χ0n) is 18.4. The molecule has 2 amide bonds. The van der Waals surface area contributed by atoms with Gasteiger partial charge in [-0.05, 0) is 59.6 Å². The highest BCUT2D eigenvalue weighted by Gasteiger charge is 2.39. The number of hydrogen-bond donors (Lipinski definition) is 1. The number of halogens is 9. The summed E-state index contributed by atoms with van der Waals surface area (Å²) < 4.78 is 122. The summed E-state index contributed by atoms with van der Waals surface area (Å²) in [7, 11) is 0. The van der Waals surface area contributed by atoms with E-state index in [9.17, 15) is 44.3 Å². The third-order valence-electron chi connectivity index (χ3n) is 5.16. The molecule has 2 heterocycles. The Balaban J connectivity index is 1.59. The number of carbonyl (C=O) groups is 1. The SMILES string of the molecule is O=C(Nc1ccc(OC(F)(F)F)cc1)N1CC(c2cc(C(F)(F)F)ns2)C(c2ccc(C(F)(F)F)cc2)=N1. The van der Waals surface area contributed by atoms with Gasteiger partial charge in [0.25, 0.3) is 0 Å². The lowest BCUT2D eigenvalue weighted by atomic mass is 9.95. The Kier molecular flexibility index (Phi) is 7.03. The molecule has 1 aliphatic rings. The summed E-state index contributed by atoms with van der Waals surface area (Å²) in [6.45, 7) is -0.281. The predicted molar refractivity (Wildman–Crippen MR) is 117 cm³/mol. The number of urea groups is 1. The van der Waals surface area contributed by atoms with Crippen LogP contribution in [0.5, 0.6) is 5.75 Å². The Morgan fingerprint density at radius 2 is 1.55 bits per heavy atom. The molecule has 38 heavy (non-hydrogen) atoms. The van der Waals surface area contributed by atoms with Crippen LogP contribution >= 0.6 is 11.5 Å². The fourth-order valence-electron chi connectivity index (χ4n) is 3.46. The van der Waals surface area contributed by atoms with Crippen molar-refractivity contribution in [1.29, 1.82) is 0 Å². The van der Waals surface area contributed by atoms with E-state index in [-0.39, 0.29) is 28.4 Å². The van der Waals surface area contributed by atoms with Crippen molar-refractivity contribution in [2.45, 2.75) is 24.6 Å². The molecule has 0 bridgehead atoms. The number of benzene rings is 2. The maximum absolute atomic E-state index is 13.1. The molecule has 0 spiro atoms. The van der Waals surface area contributed by atoms with E-state index < -0.39 is 47.7 Å². The number of rotatable bonds is 4. The predicted octanol–water partition coefficient (Wildman–Crippen LogP) is 7.11. The first kappa shape index (κ1) is 27.2. The lowest BCUT2D eigenvalue weighted by Crippen LogP contribution is -2.30. The maximum atomic E-state index is 13.1. The zero-order valence-corrected chi connectivity index (χ0v) is 19.3. The summed E-state index contributed by atoms with van der Waals surface area (Å²) >= 11 is 0.508. The molecule has 1 aromatic heterocycles. The van der Waals surface area contributed by atoms with Crippen molar-refractivity contribution >= 4 is 29.0 Å². The van der Waals surface area contributed by atoms with Gasteiger partial charge in [0, 0.05) is 10.6 Å². The van der Waals surface area contributed by atoms with Gasteiger partial charge in [0.1, 0.15) is 5.75 Å². The van der Waals surface area contributed by atoms with Crippen LogP contribution in [0.1, 0.15) is 27.6 Å². The Morgan fingerprint density at radius 3 is 2.08 bits per heavy atom. The van der Waals surface area contributed by atoms with Crippen molar-refractivity contribution in [3.8, 4) is 5.75 Å². The first-order valence-corrected chi connectivity index (χ1v) is 11.1. The summed E-state index contributed by atoms with van der Waals surface area (Å²) in [5, 5.41) is 7.35. The molecule has 0 fully saturated rings. The van der Waals surface area contributed by atoms with Gasteiger partial charge in [0.05, 0.1) is 23.7 Å². The van der Waals surface area contributed by atoms with Gasteiger partial charge >= 0.3 is 24.7 Å². The monoisotopic (exact) mass is 568 g/mol. The minimum atomic E-state index is -4.92. The molecular weight excluding hydrogens is 555 g/mol. The molecule has 0 radical (unpaired) electrons. The first-order chi connectivity index (χ1) is 17.6. The molecular formula is C22H13F9N4O2S. The van der Waals surface area contributed by atoms with Gasteiger partial charge in [-0.15, -0.1) is 13.2 Å². The summed E-state index contributed by atoms with van der Waals surface area (Å²) in [6, 6.07) is 7.73. The zero-order chi connectivity index (χ0) is 27.9. The molecule has 1 N–H and O–H groups in total. The molecule has 0 aliphatic carbocycles. The number of alkyl halides is 9. The molecule has 1 aliphatic heterocycles. The van der Waals surface area contributed by atoms with Gasteiger partial charge < -0.3 is 10.1 Å². The van der Waals surface area contributed by atoms with Crippen LogP contribution in [-0.2, 0) is 12.4 Å². The number of nitrogens with one attached hydrogen (secondary N) is 1. The van der Waals surface area contributed by atoms with Gasteiger partial charge in [-0.2, -0.15) is 35.8 Å². The maximum Gasteiger partial charge on any atom is 0.573 e. The highest BCUT2D eigenvalue weighted by atomic mass is 32.1. The van der Waals surface area contributed by atoms with Crippen molar-refractivity contribution in [3.63, 3.8) is 0 Å². The minimum Gasteiger partial charge on any atom is -0.406 e. The molecule has 6 nitrogen and oxygen atoms in total. The van der Waals surface area contributed by atoms with E-state index in [1.165, 1.54) is 0 Å². The summed E-state index contributed by atoms with van der Waals surface area (Å²) in [6.07, 6.45) is -14.3. The normalized spacial score (nSPS) is 16.4. The molecule has 1 unspecified atom stereocenters. The van der Waals surface area contributed by atoms with Crippen LogP contribution in [0.3, 0.4) is 0 Å². The average Bonchev–Trinajstić information content (AvgIpc) is 3.46. The van der Waals surface area contributed by atoms with Crippen LogP contribution in [0.2, 0.25) is 0 Å². The van der Waals surface area contributed by atoms with Crippen LogP contribution in [0.15, 0.2) is 59.7 Å². The van der Waals surface area contributed by atoms with Crippen molar-refractivity contribution < 1.29 is 49.0 Å². The second-order valence-corrected chi connectivity index (χ2v) is 8.65. The molecule has 2 aromatic carbocycles. The number of ether oxygens (including phenoxy) is 1. The minimum absolute atomic E-state index is 0.0279. The summed E-state index contributed by atoms with van der Waals surface area (Å²) in [5.74, 6) is -1.49. The van der Waals surface area contributed by atoms with Gasteiger partial charge in [0.2, 0.25) is 0 Å². The summed E-state index contributed by atoms with van der Waals surface area (Å²) in [5.41, 5.74) is -1.92. The molecule has 0 saturated carbocycles. The second kappa shape index (κ2) is 9.81. The smallest absolute Gasteiger partial charge is 0.406 e. The number of nitrogens with zero attached hydrogens (tertiary/aromatic N) is 3. The standard InChI is InChI=1S/C22H13F9N4O2S/c23-20(24,25)12-3-1-11(2-4-12)18-15(16-9-17(34-38-16)21(26,27)28)10-35(33-18)19(36)32-13-5-7-14(8-6-13)37-22(29,30)31/h1-9,15H,10H2,(H,32,36). The van der Waals surface area contributed by atoms with Crippen molar-refractivity contribution in [3.05, 3.63) is 76.3 Å². The Hall–Kier alpha value is -3.82. The van der Waals surface area contributed by atoms with E-state index in [2.05, 4.69) is 19.5 Å². The third-order valence-corrected chi connectivity index (χ3v) is 6.06. The molecule has 3 aromatic rings. The van der Waals surface area contributed by atoms with Crippen molar-refractivity contribution in [1.82, 2.24) is 9.38 Å². The van der Waals surface area contributed by atoms with E-state index in [4.69, 9.17) is 0 Å². The number of carbonyl (C=O) groups excluding carboxylic acids is 1. The lowest BCUT2D eigenvalue weighted by Gasteiger charge is -2.15. The Labute approximate surface area is 211 Å². The molecule has 1 atom stereocenters. The van der Waals surface area contributed by atoms with Crippen molar-refractivity contribution in [2.24, 2.45) is 5.10 Å². The largest absolute Gasteiger partial charge is 0.573 e. The molecule has 16 heteroatoms. The number of amides is 2. The highest BCUT2D eigenvalue weighted by Crippen LogP contribution is 2.37. The second-order valence-electron chi connectivity index (χ2n) is 7.81. The number of aromatic nitrogens is 1. The highest BCUT2D eigenvalue weighted by molar-refractivity contribution is 7.06. The van der Waals surface area contributed by atoms with E-state index in [1.54, 1.807) is 0 Å². The van der Waals surface area contributed by atoms with E-state index >= 15 is 0 Å². The van der Waals surface area contributed by atoms with E-state index in [0.29, 0.717) is 11.5 Å². The molecule has 0 saturated heterocycles.